The number of nitrogens with zero attached hydrogens (tertiary/aromatic N) is 1. The molecule has 3 aromatic rings. The van der Waals surface area contributed by atoms with E-state index in [2.05, 4.69) is 4.98 Å². The van der Waals surface area contributed by atoms with Crippen molar-refractivity contribution in [3.8, 4) is 27.6 Å². The molecule has 2 aromatic carbocycles. The molecule has 6 heteroatoms. The monoisotopic (exact) mass is 321 g/mol. The molecule has 0 aliphatic rings. The van der Waals surface area contributed by atoms with Gasteiger partial charge in [-0.1, -0.05) is 12.1 Å². The number of thiazole rings is 1. The van der Waals surface area contributed by atoms with Gasteiger partial charge in [0, 0.05) is 16.5 Å². The van der Waals surface area contributed by atoms with Gasteiger partial charge in [-0.3, -0.25) is 0 Å². The minimum absolute atomic E-state index is 0.168. The summed E-state index contributed by atoms with van der Waals surface area (Å²) in [6.07, 6.45) is -4.33. The molecular weight excluding hydrogens is 311 g/mol. The van der Waals surface area contributed by atoms with Gasteiger partial charge in [0.1, 0.15) is 10.8 Å². The van der Waals surface area contributed by atoms with E-state index in [0.29, 0.717) is 10.6 Å². The van der Waals surface area contributed by atoms with Crippen molar-refractivity contribution >= 4 is 11.3 Å². The Hall–Kier alpha value is -2.34. The maximum Gasteiger partial charge on any atom is 0.416 e. The fourth-order valence-corrected chi connectivity index (χ4v) is 2.81. The molecule has 0 saturated carbocycles. The first-order valence-corrected chi connectivity index (χ1v) is 7.24. The van der Waals surface area contributed by atoms with Crippen molar-refractivity contribution in [3.05, 3.63) is 59.5 Å². The summed E-state index contributed by atoms with van der Waals surface area (Å²) in [4.78, 5) is 4.43. The second-order valence-electron chi connectivity index (χ2n) is 4.66. The van der Waals surface area contributed by atoms with Gasteiger partial charge in [0.15, 0.2) is 0 Å². The Morgan fingerprint density at radius 3 is 2.05 bits per heavy atom. The standard InChI is InChI=1S/C16H10F3NOS/c17-16(18,19)12-5-1-11(2-6-12)15-20-14(9-22-15)10-3-7-13(21)8-4-10/h1-9,21H. The van der Waals surface area contributed by atoms with Gasteiger partial charge < -0.3 is 5.11 Å². The maximum atomic E-state index is 12.5. The van der Waals surface area contributed by atoms with E-state index >= 15 is 0 Å². The Morgan fingerprint density at radius 2 is 1.45 bits per heavy atom. The van der Waals surface area contributed by atoms with Crippen molar-refractivity contribution in [2.45, 2.75) is 6.18 Å². The summed E-state index contributed by atoms with van der Waals surface area (Å²) in [5.41, 5.74) is 1.53. The van der Waals surface area contributed by atoms with Gasteiger partial charge >= 0.3 is 6.18 Å². The van der Waals surface area contributed by atoms with Crippen LogP contribution in [0.25, 0.3) is 21.8 Å². The highest BCUT2D eigenvalue weighted by molar-refractivity contribution is 7.13. The molecule has 0 aliphatic carbocycles. The van der Waals surface area contributed by atoms with Crippen LogP contribution >= 0.6 is 11.3 Å². The fourth-order valence-electron chi connectivity index (χ4n) is 1.97. The van der Waals surface area contributed by atoms with Crippen LogP contribution in [0.5, 0.6) is 5.75 Å². The van der Waals surface area contributed by atoms with Crippen LogP contribution in [0.2, 0.25) is 0 Å². The van der Waals surface area contributed by atoms with Crippen LogP contribution in [0.3, 0.4) is 0 Å². The third-order valence-electron chi connectivity index (χ3n) is 3.13. The number of rotatable bonds is 2. The lowest BCUT2D eigenvalue weighted by atomic mass is 10.1. The summed E-state index contributed by atoms with van der Waals surface area (Å²) in [5.74, 6) is 0.168. The zero-order valence-corrected chi connectivity index (χ0v) is 11.9. The quantitative estimate of drug-likeness (QED) is 0.703. The van der Waals surface area contributed by atoms with E-state index in [1.54, 1.807) is 24.3 Å². The lowest BCUT2D eigenvalue weighted by molar-refractivity contribution is -0.137. The van der Waals surface area contributed by atoms with E-state index in [1.165, 1.54) is 23.5 Å². The van der Waals surface area contributed by atoms with Gasteiger partial charge in [-0.15, -0.1) is 11.3 Å². The molecule has 2 nitrogen and oxygen atoms in total. The number of benzene rings is 2. The topological polar surface area (TPSA) is 33.1 Å². The van der Waals surface area contributed by atoms with E-state index < -0.39 is 11.7 Å². The fraction of sp³-hybridized carbons (Fsp3) is 0.0625. The third-order valence-corrected chi connectivity index (χ3v) is 4.02. The summed E-state index contributed by atoms with van der Waals surface area (Å²) in [6.45, 7) is 0. The molecule has 3 rings (SSSR count). The molecule has 1 aromatic heterocycles. The lowest BCUT2D eigenvalue weighted by Gasteiger charge is -2.06. The predicted molar refractivity (Wildman–Crippen MR) is 79.7 cm³/mol. The van der Waals surface area contributed by atoms with Gasteiger partial charge in [-0.2, -0.15) is 13.2 Å². The first-order valence-electron chi connectivity index (χ1n) is 6.36. The maximum absolute atomic E-state index is 12.5. The summed E-state index contributed by atoms with van der Waals surface area (Å²) in [7, 11) is 0. The number of aromatic hydroxyl groups is 1. The Balaban J connectivity index is 1.89. The summed E-state index contributed by atoms with van der Waals surface area (Å²) in [6, 6.07) is 11.5. The SMILES string of the molecule is Oc1ccc(-c2csc(-c3ccc(C(F)(F)F)cc3)n2)cc1. The number of halogens is 3. The number of hydrogen-bond acceptors (Lipinski definition) is 3. The van der Waals surface area contributed by atoms with Crippen molar-refractivity contribution in [2.75, 3.05) is 0 Å². The first kappa shape index (κ1) is 14.6. The molecule has 0 amide bonds. The Kier molecular flexibility index (Phi) is 3.62. The normalized spacial score (nSPS) is 11.6. The molecule has 1 heterocycles. The zero-order chi connectivity index (χ0) is 15.7. The molecule has 0 unspecified atom stereocenters. The number of hydrogen-bond donors (Lipinski definition) is 1. The van der Waals surface area contributed by atoms with Crippen molar-refractivity contribution in [3.63, 3.8) is 0 Å². The van der Waals surface area contributed by atoms with Gasteiger partial charge in [0.25, 0.3) is 0 Å². The Bertz CT molecular complexity index is 776. The average Bonchev–Trinajstić information content (AvgIpc) is 2.97. The minimum atomic E-state index is -4.33. The lowest BCUT2D eigenvalue weighted by Crippen LogP contribution is -2.03. The van der Waals surface area contributed by atoms with E-state index in [-0.39, 0.29) is 5.75 Å². The molecule has 0 atom stereocenters. The Morgan fingerprint density at radius 1 is 0.864 bits per heavy atom. The summed E-state index contributed by atoms with van der Waals surface area (Å²) in [5, 5.41) is 11.8. The van der Waals surface area contributed by atoms with Crippen LogP contribution in [0.4, 0.5) is 13.2 Å². The molecule has 1 N–H and O–H groups in total. The van der Waals surface area contributed by atoms with Gasteiger partial charge in [0.05, 0.1) is 11.3 Å². The number of phenolic OH excluding ortho intramolecular Hbond substituents is 1. The number of phenols is 1. The van der Waals surface area contributed by atoms with E-state index in [9.17, 15) is 18.3 Å². The largest absolute Gasteiger partial charge is 0.508 e. The van der Waals surface area contributed by atoms with Crippen LogP contribution in [-0.2, 0) is 6.18 Å². The predicted octanol–water partition coefficient (Wildman–Crippen LogP) is 5.20. The molecular formula is C16H10F3NOS. The highest BCUT2D eigenvalue weighted by atomic mass is 32.1. The van der Waals surface area contributed by atoms with Crippen molar-refractivity contribution in [1.29, 1.82) is 0 Å². The summed E-state index contributed by atoms with van der Waals surface area (Å²) >= 11 is 1.36. The minimum Gasteiger partial charge on any atom is -0.508 e. The van der Waals surface area contributed by atoms with E-state index in [1.807, 2.05) is 5.38 Å². The molecule has 0 saturated heterocycles. The number of alkyl halides is 3. The highest BCUT2D eigenvalue weighted by Gasteiger charge is 2.30. The van der Waals surface area contributed by atoms with Crippen LogP contribution in [0.15, 0.2) is 53.9 Å². The third kappa shape index (κ3) is 2.96. The average molecular weight is 321 g/mol. The molecule has 112 valence electrons. The zero-order valence-electron chi connectivity index (χ0n) is 11.1. The highest BCUT2D eigenvalue weighted by Crippen LogP contribution is 2.33. The van der Waals surface area contributed by atoms with Crippen LogP contribution in [0.1, 0.15) is 5.56 Å². The van der Waals surface area contributed by atoms with Gasteiger partial charge in [0.2, 0.25) is 0 Å². The first-order chi connectivity index (χ1) is 10.4. The van der Waals surface area contributed by atoms with Crippen molar-refractivity contribution in [2.24, 2.45) is 0 Å². The molecule has 0 fully saturated rings. The van der Waals surface area contributed by atoms with Crippen LogP contribution in [0, 0.1) is 0 Å². The van der Waals surface area contributed by atoms with Crippen molar-refractivity contribution in [1.82, 2.24) is 4.98 Å². The Labute approximate surface area is 128 Å². The molecule has 22 heavy (non-hydrogen) atoms. The molecule has 0 aliphatic heterocycles. The van der Waals surface area contributed by atoms with Gasteiger partial charge in [-0.25, -0.2) is 4.98 Å². The number of aromatic nitrogens is 1. The smallest absolute Gasteiger partial charge is 0.416 e. The van der Waals surface area contributed by atoms with Crippen LogP contribution in [-0.4, -0.2) is 10.1 Å². The molecule has 0 bridgehead atoms. The van der Waals surface area contributed by atoms with Crippen molar-refractivity contribution < 1.29 is 18.3 Å². The molecule has 0 radical (unpaired) electrons. The van der Waals surface area contributed by atoms with E-state index in [0.717, 1.165) is 23.4 Å². The molecule has 0 spiro atoms. The van der Waals surface area contributed by atoms with Crippen LogP contribution < -0.4 is 0 Å². The van der Waals surface area contributed by atoms with E-state index in [4.69, 9.17) is 0 Å². The summed E-state index contributed by atoms with van der Waals surface area (Å²) < 4.78 is 37.6. The second kappa shape index (κ2) is 5.46. The second-order valence-corrected chi connectivity index (χ2v) is 5.52. The van der Waals surface area contributed by atoms with Gasteiger partial charge in [-0.05, 0) is 36.4 Å².